The molecule has 0 radical (unpaired) electrons. The lowest BCUT2D eigenvalue weighted by molar-refractivity contribution is 0.0955. The summed E-state index contributed by atoms with van der Waals surface area (Å²) in [6.07, 6.45) is 4.96. The summed E-state index contributed by atoms with van der Waals surface area (Å²) in [6.45, 7) is 8.10. The predicted octanol–water partition coefficient (Wildman–Crippen LogP) is 2.05. The first-order valence-electron chi connectivity index (χ1n) is 9.96. The quantitative estimate of drug-likeness (QED) is 0.712. The Morgan fingerprint density at radius 3 is 2.59 bits per heavy atom. The van der Waals surface area contributed by atoms with Gasteiger partial charge in [-0.25, -0.2) is 19.9 Å². The minimum atomic E-state index is -0.143. The van der Waals surface area contributed by atoms with Crippen LogP contribution < -0.4 is 10.2 Å². The van der Waals surface area contributed by atoms with Crippen molar-refractivity contribution in [3.8, 4) is 0 Å². The predicted molar refractivity (Wildman–Crippen MR) is 112 cm³/mol. The molecule has 4 heterocycles. The van der Waals surface area contributed by atoms with Gasteiger partial charge in [0.25, 0.3) is 5.91 Å². The van der Waals surface area contributed by atoms with E-state index in [-0.39, 0.29) is 11.9 Å². The number of rotatable bonds is 5. The third-order valence-corrected chi connectivity index (χ3v) is 5.30. The van der Waals surface area contributed by atoms with E-state index in [9.17, 15) is 4.79 Å². The summed E-state index contributed by atoms with van der Waals surface area (Å²) in [4.78, 5) is 34.3. The number of carbonyl (C=O) groups excluding carboxylic acids is 1. The number of carbonyl (C=O) groups is 1. The maximum Gasteiger partial charge on any atom is 0.254 e. The van der Waals surface area contributed by atoms with Crippen LogP contribution in [0.2, 0.25) is 0 Å². The average Bonchev–Trinajstić information content (AvgIpc) is 2.78. The molecule has 0 saturated carbocycles. The molecule has 3 aromatic rings. The Morgan fingerprint density at radius 2 is 1.86 bits per heavy atom. The van der Waals surface area contributed by atoms with E-state index in [1.807, 2.05) is 19.1 Å². The maximum atomic E-state index is 11.8. The fourth-order valence-corrected chi connectivity index (χ4v) is 3.56. The summed E-state index contributed by atoms with van der Waals surface area (Å²) in [5, 5.41) is 3.81. The van der Waals surface area contributed by atoms with E-state index >= 15 is 0 Å². The molecule has 1 saturated heterocycles. The number of pyridine rings is 2. The average molecular weight is 391 g/mol. The van der Waals surface area contributed by atoms with E-state index in [4.69, 9.17) is 4.98 Å². The largest absolute Gasteiger partial charge is 0.352 e. The highest BCUT2D eigenvalue weighted by molar-refractivity contribution is 5.93. The van der Waals surface area contributed by atoms with Crippen LogP contribution in [0.5, 0.6) is 0 Å². The summed E-state index contributed by atoms with van der Waals surface area (Å²) in [7, 11) is 0. The van der Waals surface area contributed by atoms with Gasteiger partial charge in [-0.1, -0.05) is 0 Å². The van der Waals surface area contributed by atoms with Crippen molar-refractivity contribution in [1.82, 2.24) is 30.2 Å². The van der Waals surface area contributed by atoms with E-state index in [2.05, 4.69) is 49.1 Å². The topological polar surface area (TPSA) is 87.1 Å². The molecular weight excluding hydrogens is 366 g/mol. The minimum Gasteiger partial charge on any atom is -0.352 e. The number of nitrogens with one attached hydrogen (secondary N) is 1. The third-order valence-electron chi connectivity index (χ3n) is 5.30. The summed E-state index contributed by atoms with van der Waals surface area (Å²) in [6, 6.07) is 8.34. The second-order valence-corrected chi connectivity index (χ2v) is 7.12. The van der Waals surface area contributed by atoms with Gasteiger partial charge in [0.05, 0.1) is 11.3 Å². The van der Waals surface area contributed by atoms with E-state index in [1.165, 1.54) is 0 Å². The lowest BCUT2D eigenvalue weighted by Crippen LogP contribution is -2.47. The van der Waals surface area contributed by atoms with E-state index in [1.54, 1.807) is 18.6 Å². The van der Waals surface area contributed by atoms with Crippen molar-refractivity contribution in [2.75, 3.05) is 37.6 Å². The number of nitrogens with zero attached hydrogens (tertiary/aromatic N) is 6. The Bertz CT molecular complexity index is 984. The van der Waals surface area contributed by atoms with Gasteiger partial charge in [-0.05, 0) is 38.1 Å². The lowest BCUT2D eigenvalue weighted by Gasteiger charge is -2.37. The van der Waals surface area contributed by atoms with Crippen LogP contribution in [0.25, 0.3) is 11.0 Å². The molecule has 1 aliphatic heterocycles. The van der Waals surface area contributed by atoms with Gasteiger partial charge in [0.1, 0.15) is 0 Å². The Hall–Kier alpha value is -3.13. The first-order chi connectivity index (χ1) is 14.2. The van der Waals surface area contributed by atoms with E-state index in [0.29, 0.717) is 18.1 Å². The zero-order chi connectivity index (χ0) is 20.2. The third kappa shape index (κ3) is 4.17. The van der Waals surface area contributed by atoms with E-state index < -0.39 is 0 Å². The number of piperazine rings is 1. The fraction of sp³-hybridized carbons (Fsp3) is 0.381. The summed E-state index contributed by atoms with van der Waals surface area (Å²) in [5.74, 6) is 0.522. The molecule has 1 atom stereocenters. The van der Waals surface area contributed by atoms with Gasteiger partial charge in [0.15, 0.2) is 5.65 Å². The van der Waals surface area contributed by atoms with Crippen LogP contribution in [0.1, 0.15) is 35.9 Å². The van der Waals surface area contributed by atoms with Gasteiger partial charge in [0, 0.05) is 62.7 Å². The number of hydrogen-bond acceptors (Lipinski definition) is 7. The minimum absolute atomic E-state index is 0.143. The molecule has 1 fully saturated rings. The molecule has 1 amide bonds. The number of anilines is 1. The highest BCUT2D eigenvalue weighted by atomic mass is 16.1. The van der Waals surface area contributed by atoms with Gasteiger partial charge in [-0.2, -0.15) is 0 Å². The van der Waals surface area contributed by atoms with Crippen molar-refractivity contribution >= 4 is 22.9 Å². The van der Waals surface area contributed by atoms with Crippen molar-refractivity contribution in [2.24, 2.45) is 0 Å². The monoisotopic (exact) mass is 391 g/mol. The SMILES string of the molecule is CCNC(=O)c1cnc(N2CCN(C(C)c3ccc4cccnc4n3)CC2)nc1. The van der Waals surface area contributed by atoms with Gasteiger partial charge in [0.2, 0.25) is 5.95 Å². The number of amides is 1. The van der Waals surface area contributed by atoms with Crippen molar-refractivity contribution in [3.05, 3.63) is 54.1 Å². The fourth-order valence-electron chi connectivity index (χ4n) is 3.56. The number of hydrogen-bond donors (Lipinski definition) is 1. The second-order valence-electron chi connectivity index (χ2n) is 7.12. The molecule has 150 valence electrons. The van der Waals surface area contributed by atoms with Gasteiger partial charge in [-0.15, -0.1) is 0 Å². The number of fused-ring (bicyclic) bond motifs is 1. The van der Waals surface area contributed by atoms with Gasteiger partial charge in [-0.3, -0.25) is 9.69 Å². The lowest BCUT2D eigenvalue weighted by atomic mass is 10.1. The van der Waals surface area contributed by atoms with Crippen LogP contribution in [-0.2, 0) is 0 Å². The standard InChI is InChI=1S/C21H25N7O/c1-3-22-20(29)17-13-24-21(25-14-17)28-11-9-27(10-12-28)15(2)18-7-6-16-5-4-8-23-19(16)26-18/h4-8,13-15H,3,9-12H2,1-2H3,(H,22,29). The molecular formula is C21H25N7O. The summed E-state index contributed by atoms with van der Waals surface area (Å²) >= 11 is 0. The molecule has 4 rings (SSSR count). The van der Waals surface area contributed by atoms with Crippen LogP contribution >= 0.6 is 0 Å². The zero-order valence-electron chi connectivity index (χ0n) is 16.7. The normalized spacial score (nSPS) is 16.0. The van der Waals surface area contributed by atoms with Crippen LogP contribution in [0, 0.1) is 0 Å². The molecule has 8 nitrogen and oxygen atoms in total. The zero-order valence-corrected chi connectivity index (χ0v) is 16.7. The van der Waals surface area contributed by atoms with Crippen molar-refractivity contribution in [2.45, 2.75) is 19.9 Å². The molecule has 0 bridgehead atoms. The molecule has 0 aromatic carbocycles. The summed E-state index contributed by atoms with van der Waals surface area (Å²) < 4.78 is 0. The molecule has 0 aliphatic carbocycles. The maximum absolute atomic E-state index is 11.8. The summed E-state index contributed by atoms with van der Waals surface area (Å²) in [5.41, 5.74) is 2.31. The molecule has 1 unspecified atom stereocenters. The molecule has 0 spiro atoms. The van der Waals surface area contributed by atoms with Gasteiger partial charge >= 0.3 is 0 Å². The first-order valence-corrected chi connectivity index (χ1v) is 9.96. The highest BCUT2D eigenvalue weighted by Gasteiger charge is 2.24. The molecule has 1 N–H and O–H groups in total. The molecule has 1 aliphatic rings. The Kier molecular flexibility index (Phi) is 5.62. The smallest absolute Gasteiger partial charge is 0.254 e. The van der Waals surface area contributed by atoms with Crippen molar-refractivity contribution < 1.29 is 4.79 Å². The van der Waals surface area contributed by atoms with Crippen molar-refractivity contribution in [3.63, 3.8) is 0 Å². The Morgan fingerprint density at radius 1 is 1.10 bits per heavy atom. The first kappa shape index (κ1) is 19.2. The molecule has 3 aromatic heterocycles. The van der Waals surface area contributed by atoms with Crippen LogP contribution in [0.3, 0.4) is 0 Å². The van der Waals surface area contributed by atoms with Crippen LogP contribution in [0.4, 0.5) is 5.95 Å². The molecule has 29 heavy (non-hydrogen) atoms. The second kappa shape index (κ2) is 8.48. The highest BCUT2D eigenvalue weighted by Crippen LogP contribution is 2.23. The van der Waals surface area contributed by atoms with Crippen LogP contribution in [-0.4, -0.2) is 63.5 Å². The number of aromatic nitrogens is 4. The Labute approximate surface area is 170 Å². The van der Waals surface area contributed by atoms with Gasteiger partial charge < -0.3 is 10.2 Å². The van der Waals surface area contributed by atoms with Crippen LogP contribution in [0.15, 0.2) is 42.9 Å². The van der Waals surface area contributed by atoms with E-state index in [0.717, 1.165) is 42.9 Å². The van der Waals surface area contributed by atoms with Crippen molar-refractivity contribution in [1.29, 1.82) is 0 Å². The Balaban J connectivity index is 1.38. The molecule has 8 heteroatoms.